The monoisotopic (exact) mass is 296 g/mol. The van der Waals surface area contributed by atoms with Gasteiger partial charge in [-0.25, -0.2) is 4.98 Å². The van der Waals surface area contributed by atoms with Crippen LogP contribution in [0.1, 0.15) is 43.1 Å². The maximum absolute atomic E-state index is 11.3. The smallest absolute Gasteiger partial charge is 0.198 e. The number of anilines is 1. The molecule has 0 radical (unpaired) electrons. The van der Waals surface area contributed by atoms with E-state index >= 15 is 0 Å². The van der Waals surface area contributed by atoms with Crippen molar-refractivity contribution in [1.82, 2.24) is 9.55 Å². The van der Waals surface area contributed by atoms with Crippen LogP contribution in [0.4, 0.5) is 5.82 Å². The number of Topliss-reactive ketones (excluding diaryl/α,β-unsaturated/α-hetero) is 1. The van der Waals surface area contributed by atoms with Gasteiger partial charge in [-0.2, -0.15) is 0 Å². The maximum atomic E-state index is 11.3. The summed E-state index contributed by atoms with van der Waals surface area (Å²) in [6.45, 7) is 2.94. The fraction of sp³-hybridized carbons (Fsp3) is 0.636. The number of rotatable bonds is 7. The number of imidazole rings is 1. The lowest BCUT2D eigenvalue weighted by Gasteiger charge is -2.04. The summed E-state index contributed by atoms with van der Waals surface area (Å²) in [5.41, 5.74) is 11.4. The van der Waals surface area contributed by atoms with Crippen molar-refractivity contribution in [3.05, 3.63) is 12.0 Å². The van der Waals surface area contributed by atoms with E-state index in [9.17, 15) is 4.79 Å². The van der Waals surface area contributed by atoms with Crippen LogP contribution in [0.3, 0.4) is 0 Å². The summed E-state index contributed by atoms with van der Waals surface area (Å²) in [5.74, 6) is 0.233. The SMILES string of the molecule is CCCCCCn1cnc(C(=O)CN)c1N.Cl.Cl. The Morgan fingerprint density at radius 1 is 1.33 bits per heavy atom. The predicted molar refractivity (Wildman–Crippen MR) is 78.7 cm³/mol. The third kappa shape index (κ3) is 5.25. The van der Waals surface area contributed by atoms with Crippen molar-refractivity contribution < 1.29 is 4.79 Å². The molecule has 0 saturated carbocycles. The van der Waals surface area contributed by atoms with Crippen LogP contribution in [0.2, 0.25) is 0 Å². The number of carbonyl (C=O) groups is 1. The first-order valence-electron chi connectivity index (χ1n) is 5.74. The van der Waals surface area contributed by atoms with Gasteiger partial charge in [0.2, 0.25) is 0 Å². The third-order valence-corrected chi connectivity index (χ3v) is 2.58. The molecule has 0 amide bonds. The number of hydrogen-bond donors (Lipinski definition) is 2. The number of aromatic nitrogens is 2. The zero-order valence-electron chi connectivity index (χ0n) is 10.6. The highest BCUT2D eigenvalue weighted by atomic mass is 35.5. The molecular weight excluding hydrogens is 275 g/mol. The summed E-state index contributed by atoms with van der Waals surface area (Å²) in [5, 5.41) is 0. The standard InChI is InChI=1S/C11H20N4O.2ClH/c1-2-3-4-5-6-15-8-14-10(11(15)13)9(16)7-12;;/h8H,2-7,12-13H2,1H3;2*1H. The van der Waals surface area contributed by atoms with Crippen LogP contribution in [0.15, 0.2) is 6.33 Å². The first kappa shape index (κ1) is 19.6. The molecule has 0 aliphatic heterocycles. The van der Waals surface area contributed by atoms with Crippen LogP contribution in [0.25, 0.3) is 0 Å². The average Bonchev–Trinajstić information content (AvgIpc) is 2.65. The summed E-state index contributed by atoms with van der Waals surface area (Å²) in [6, 6.07) is 0. The molecular formula is C11H22Cl2N4O. The number of nitrogen functional groups attached to an aromatic ring is 1. The van der Waals surface area contributed by atoms with Gasteiger partial charge >= 0.3 is 0 Å². The molecule has 1 heterocycles. The van der Waals surface area contributed by atoms with Crippen molar-refractivity contribution in [1.29, 1.82) is 0 Å². The molecule has 0 atom stereocenters. The lowest BCUT2D eigenvalue weighted by atomic mass is 10.2. The van der Waals surface area contributed by atoms with Crippen LogP contribution < -0.4 is 11.5 Å². The molecule has 0 saturated heterocycles. The van der Waals surface area contributed by atoms with E-state index in [-0.39, 0.29) is 37.1 Å². The summed E-state index contributed by atoms with van der Waals surface area (Å²) < 4.78 is 1.82. The van der Waals surface area contributed by atoms with Gasteiger partial charge in [-0.05, 0) is 6.42 Å². The Morgan fingerprint density at radius 3 is 2.56 bits per heavy atom. The normalized spacial score (nSPS) is 9.44. The van der Waals surface area contributed by atoms with Gasteiger partial charge in [-0.15, -0.1) is 24.8 Å². The predicted octanol–water partition coefficient (Wildman–Crippen LogP) is 2.03. The number of halogens is 2. The van der Waals surface area contributed by atoms with Crippen LogP contribution in [0, 0.1) is 0 Å². The topological polar surface area (TPSA) is 86.9 Å². The molecule has 1 rings (SSSR count). The van der Waals surface area contributed by atoms with Gasteiger partial charge in [-0.3, -0.25) is 4.79 Å². The fourth-order valence-electron chi connectivity index (χ4n) is 1.59. The molecule has 18 heavy (non-hydrogen) atoms. The van der Waals surface area contributed by atoms with E-state index in [0.29, 0.717) is 11.5 Å². The van der Waals surface area contributed by atoms with E-state index in [4.69, 9.17) is 11.5 Å². The molecule has 1 aromatic heterocycles. The minimum absolute atomic E-state index is 0. The zero-order chi connectivity index (χ0) is 12.0. The van der Waals surface area contributed by atoms with Crippen molar-refractivity contribution in [2.75, 3.05) is 12.3 Å². The van der Waals surface area contributed by atoms with Gasteiger partial charge in [-0.1, -0.05) is 26.2 Å². The molecule has 5 nitrogen and oxygen atoms in total. The van der Waals surface area contributed by atoms with Gasteiger partial charge in [0.1, 0.15) is 11.5 Å². The van der Waals surface area contributed by atoms with Crippen molar-refractivity contribution in [2.45, 2.75) is 39.2 Å². The van der Waals surface area contributed by atoms with E-state index < -0.39 is 0 Å². The largest absolute Gasteiger partial charge is 0.383 e. The van der Waals surface area contributed by atoms with Crippen molar-refractivity contribution in [2.24, 2.45) is 5.73 Å². The molecule has 0 aromatic carbocycles. The van der Waals surface area contributed by atoms with Crippen molar-refractivity contribution >= 4 is 36.4 Å². The second-order valence-corrected chi connectivity index (χ2v) is 3.86. The number of ketones is 1. The Morgan fingerprint density at radius 2 is 2.00 bits per heavy atom. The molecule has 0 unspecified atom stereocenters. The Labute approximate surface area is 120 Å². The number of nitrogens with zero attached hydrogens (tertiary/aromatic N) is 2. The Bertz CT molecular complexity index is 355. The highest BCUT2D eigenvalue weighted by Crippen LogP contribution is 2.12. The van der Waals surface area contributed by atoms with E-state index in [0.717, 1.165) is 13.0 Å². The Kier molecular flexibility index (Phi) is 11.1. The zero-order valence-corrected chi connectivity index (χ0v) is 12.2. The van der Waals surface area contributed by atoms with Gasteiger partial charge < -0.3 is 16.0 Å². The molecule has 0 bridgehead atoms. The Balaban J connectivity index is 0. The molecule has 7 heteroatoms. The summed E-state index contributed by atoms with van der Waals surface area (Å²) in [6.07, 6.45) is 6.28. The number of nitrogens with two attached hydrogens (primary N) is 2. The number of hydrogen-bond acceptors (Lipinski definition) is 4. The van der Waals surface area contributed by atoms with E-state index in [1.807, 2.05) is 4.57 Å². The lowest BCUT2D eigenvalue weighted by molar-refractivity contribution is 0.0998. The second-order valence-electron chi connectivity index (χ2n) is 3.86. The van der Waals surface area contributed by atoms with E-state index in [1.165, 1.54) is 19.3 Å². The van der Waals surface area contributed by atoms with Gasteiger partial charge in [0.15, 0.2) is 5.78 Å². The molecule has 106 valence electrons. The number of aryl methyl sites for hydroxylation is 1. The van der Waals surface area contributed by atoms with Crippen LogP contribution in [-0.2, 0) is 6.54 Å². The molecule has 0 fully saturated rings. The Hall–Kier alpha value is -0.780. The van der Waals surface area contributed by atoms with Crippen LogP contribution in [0.5, 0.6) is 0 Å². The van der Waals surface area contributed by atoms with Crippen LogP contribution >= 0.6 is 24.8 Å². The molecule has 0 spiro atoms. The second kappa shape index (κ2) is 10.2. The number of carbonyl (C=O) groups excluding carboxylic acids is 1. The first-order valence-corrected chi connectivity index (χ1v) is 5.74. The molecule has 1 aromatic rings. The highest BCUT2D eigenvalue weighted by molar-refractivity contribution is 5.99. The first-order chi connectivity index (χ1) is 7.70. The average molecular weight is 297 g/mol. The summed E-state index contributed by atoms with van der Waals surface area (Å²) >= 11 is 0. The molecule has 4 N–H and O–H groups in total. The number of unbranched alkanes of at least 4 members (excludes halogenated alkanes) is 3. The van der Waals surface area contributed by atoms with E-state index in [1.54, 1.807) is 6.33 Å². The quantitative estimate of drug-likeness (QED) is 0.595. The summed E-state index contributed by atoms with van der Waals surface area (Å²) in [4.78, 5) is 15.3. The van der Waals surface area contributed by atoms with Gasteiger partial charge in [0.05, 0.1) is 12.9 Å². The van der Waals surface area contributed by atoms with Gasteiger partial charge in [0, 0.05) is 6.54 Å². The summed E-state index contributed by atoms with van der Waals surface area (Å²) in [7, 11) is 0. The van der Waals surface area contributed by atoms with E-state index in [2.05, 4.69) is 11.9 Å². The minimum Gasteiger partial charge on any atom is -0.383 e. The molecule has 0 aliphatic carbocycles. The minimum atomic E-state index is -0.204. The van der Waals surface area contributed by atoms with Crippen LogP contribution in [-0.4, -0.2) is 21.9 Å². The van der Waals surface area contributed by atoms with Crippen molar-refractivity contribution in [3.8, 4) is 0 Å². The molecule has 0 aliphatic rings. The highest BCUT2D eigenvalue weighted by Gasteiger charge is 2.13. The fourth-order valence-corrected chi connectivity index (χ4v) is 1.59. The third-order valence-electron chi connectivity index (χ3n) is 2.58. The van der Waals surface area contributed by atoms with Gasteiger partial charge in [0.25, 0.3) is 0 Å². The van der Waals surface area contributed by atoms with Crippen molar-refractivity contribution in [3.63, 3.8) is 0 Å². The lowest BCUT2D eigenvalue weighted by Crippen LogP contribution is -2.16. The maximum Gasteiger partial charge on any atom is 0.198 e.